The number of hydrogen-bond acceptors (Lipinski definition) is 3. The lowest BCUT2D eigenvalue weighted by molar-refractivity contribution is 0.112. The van der Waals surface area contributed by atoms with Gasteiger partial charge in [-0.25, -0.2) is 0 Å². The first-order valence-corrected chi connectivity index (χ1v) is 7.12. The molecule has 0 amide bonds. The van der Waals surface area contributed by atoms with Gasteiger partial charge in [-0.2, -0.15) is 0 Å². The third-order valence-electron chi connectivity index (χ3n) is 4.08. The molecule has 0 N–H and O–H groups in total. The van der Waals surface area contributed by atoms with Crippen molar-refractivity contribution in [2.45, 2.75) is 26.4 Å². The lowest BCUT2D eigenvalue weighted by Crippen LogP contribution is -2.36. The van der Waals surface area contributed by atoms with Crippen LogP contribution in [0.1, 0.15) is 36.7 Å². The molecular weight excluding hydrogens is 278 g/mol. The molecule has 1 aliphatic rings. The van der Waals surface area contributed by atoms with E-state index in [1.807, 2.05) is 32.9 Å². The summed E-state index contributed by atoms with van der Waals surface area (Å²) >= 11 is 0. The standard InChI is InChI=1S/C18H17NO3/c1-12-17(19-9-5-4-6-16(19)21)14-8-7-13(11-20)10-15(14)22-18(12,2)3/h4-11H,1-3H3. The van der Waals surface area contributed by atoms with E-state index >= 15 is 0 Å². The summed E-state index contributed by atoms with van der Waals surface area (Å²) in [6.45, 7) is 5.87. The first-order chi connectivity index (χ1) is 10.4. The minimum Gasteiger partial charge on any atom is -0.483 e. The van der Waals surface area contributed by atoms with Crippen LogP contribution in [0.5, 0.6) is 5.75 Å². The maximum Gasteiger partial charge on any atom is 0.255 e. The van der Waals surface area contributed by atoms with Gasteiger partial charge in [-0.3, -0.25) is 14.2 Å². The molecule has 0 fully saturated rings. The molecule has 4 nitrogen and oxygen atoms in total. The smallest absolute Gasteiger partial charge is 0.255 e. The van der Waals surface area contributed by atoms with Crippen molar-refractivity contribution >= 4 is 12.0 Å². The fourth-order valence-electron chi connectivity index (χ4n) is 2.65. The lowest BCUT2D eigenvalue weighted by Gasteiger charge is -2.36. The third-order valence-corrected chi connectivity index (χ3v) is 4.08. The third kappa shape index (κ3) is 2.17. The van der Waals surface area contributed by atoms with Crippen LogP contribution < -0.4 is 10.3 Å². The molecular formula is C18H17NO3. The number of benzene rings is 1. The molecule has 0 unspecified atom stereocenters. The quantitative estimate of drug-likeness (QED) is 0.800. The number of hydrogen-bond donors (Lipinski definition) is 0. The van der Waals surface area contributed by atoms with E-state index in [1.54, 1.807) is 29.0 Å². The molecule has 112 valence electrons. The van der Waals surface area contributed by atoms with Crippen LogP contribution in [0, 0.1) is 0 Å². The summed E-state index contributed by atoms with van der Waals surface area (Å²) in [7, 11) is 0. The summed E-state index contributed by atoms with van der Waals surface area (Å²) in [4.78, 5) is 23.2. The Morgan fingerprint density at radius 1 is 1.18 bits per heavy atom. The highest BCUT2D eigenvalue weighted by Crippen LogP contribution is 2.41. The van der Waals surface area contributed by atoms with Gasteiger partial charge in [0.15, 0.2) is 0 Å². The number of carbonyl (C=O) groups is 1. The minimum absolute atomic E-state index is 0.0973. The summed E-state index contributed by atoms with van der Waals surface area (Å²) in [6, 6.07) is 10.3. The number of rotatable bonds is 2. The first-order valence-electron chi connectivity index (χ1n) is 7.12. The van der Waals surface area contributed by atoms with Crippen LogP contribution in [0.3, 0.4) is 0 Å². The average molecular weight is 295 g/mol. The van der Waals surface area contributed by atoms with E-state index in [9.17, 15) is 9.59 Å². The summed E-state index contributed by atoms with van der Waals surface area (Å²) < 4.78 is 7.66. The Morgan fingerprint density at radius 3 is 2.64 bits per heavy atom. The highest BCUT2D eigenvalue weighted by atomic mass is 16.5. The van der Waals surface area contributed by atoms with Crippen LogP contribution in [0.25, 0.3) is 5.70 Å². The van der Waals surface area contributed by atoms with Crippen LogP contribution in [-0.4, -0.2) is 16.5 Å². The number of ether oxygens (including phenoxy) is 1. The van der Waals surface area contributed by atoms with E-state index in [2.05, 4.69) is 0 Å². The maximum atomic E-state index is 12.2. The van der Waals surface area contributed by atoms with E-state index < -0.39 is 5.60 Å². The fourth-order valence-corrected chi connectivity index (χ4v) is 2.65. The van der Waals surface area contributed by atoms with Gasteiger partial charge in [0.05, 0.1) is 5.70 Å². The van der Waals surface area contributed by atoms with Gasteiger partial charge in [-0.05, 0) is 44.5 Å². The zero-order valence-corrected chi connectivity index (χ0v) is 12.8. The molecule has 2 heterocycles. The van der Waals surface area contributed by atoms with Crippen LogP contribution in [-0.2, 0) is 0 Å². The molecule has 1 aliphatic heterocycles. The second kappa shape index (κ2) is 4.98. The van der Waals surface area contributed by atoms with Crippen LogP contribution >= 0.6 is 0 Å². The topological polar surface area (TPSA) is 48.3 Å². The van der Waals surface area contributed by atoms with Gasteiger partial charge in [0.25, 0.3) is 5.56 Å². The van der Waals surface area contributed by atoms with Gasteiger partial charge in [0.1, 0.15) is 17.6 Å². The molecule has 0 saturated carbocycles. The Bertz CT molecular complexity index is 843. The molecule has 0 atom stereocenters. The van der Waals surface area contributed by atoms with Crippen LogP contribution in [0.4, 0.5) is 0 Å². The molecule has 0 spiro atoms. The van der Waals surface area contributed by atoms with Gasteiger partial charge in [-0.1, -0.05) is 12.1 Å². The highest BCUT2D eigenvalue weighted by molar-refractivity contribution is 5.81. The predicted molar refractivity (Wildman–Crippen MR) is 85.2 cm³/mol. The molecule has 0 radical (unpaired) electrons. The average Bonchev–Trinajstić information content (AvgIpc) is 2.49. The van der Waals surface area contributed by atoms with Gasteiger partial charge in [0.2, 0.25) is 0 Å². The number of nitrogens with zero attached hydrogens (tertiary/aromatic N) is 1. The van der Waals surface area contributed by atoms with Gasteiger partial charge >= 0.3 is 0 Å². The van der Waals surface area contributed by atoms with E-state index in [-0.39, 0.29) is 5.56 Å². The van der Waals surface area contributed by atoms with Crippen molar-refractivity contribution < 1.29 is 9.53 Å². The van der Waals surface area contributed by atoms with Crippen molar-refractivity contribution in [3.63, 3.8) is 0 Å². The molecule has 4 heteroatoms. The Hall–Kier alpha value is -2.62. The number of aromatic nitrogens is 1. The van der Waals surface area contributed by atoms with E-state index in [1.165, 1.54) is 6.07 Å². The Kier molecular flexibility index (Phi) is 3.24. The van der Waals surface area contributed by atoms with Crippen LogP contribution in [0.15, 0.2) is 53.0 Å². The SMILES string of the molecule is CC1=C(n2ccccc2=O)c2ccc(C=O)cc2OC1(C)C. The second-order valence-electron chi connectivity index (χ2n) is 5.87. The summed E-state index contributed by atoms with van der Waals surface area (Å²) in [5, 5.41) is 0. The molecule has 3 rings (SSSR count). The maximum absolute atomic E-state index is 12.2. The Balaban J connectivity index is 2.34. The molecule has 2 aromatic rings. The van der Waals surface area contributed by atoms with Crippen molar-refractivity contribution in [2.75, 3.05) is 0 Å². The van der Waals surface area contributed by atoms with Gasteiger partial charge < -0.3 is 4.74 Å². The highest BCUT2D eigenvalue weighted by Gasteiger charge is 2.33. The number of carbonyl (C=O) groups excluding carboxylic acids is 1. The van der Waals surface area contributed by atoms with Gasteiger partial charge in [-0.15, -0.1) is 0 Å². The summed E-state index contributed by atoms with van der Waals surface area (Å²) in [5.41, 5.74) is 2.49. The molecule has 0 aliphatic carbocycles. The first kappa shape index (κ1) is 14.3. The van der Waals surface area contributed by atoms with E-state index in [0.29, 0.717) is 11.3 Å². The van der Waals surface area contributed by atoms with Crippen molar-refractivity contribution in [1.82, 2.24) is 4.57 Å². The summed E-state index contributed by atoms with van der Waals surface area (Å²) in [5.74, 6) is 0.617. The number of pyridine rings is 1. The Labute approximate surface area is 128 Å². The van der Waals surface area contributed by atoms with E-state index in [0.717, 1.165) is 23.1 Å². The molecule has 22 heavy (non-hydrogen) atoms. The number of aldehydes is 1. The van der Waals surface area contributed by atoms with Gasteiger partial charge in [0, 0.05) is 23.4 Å². The zero-order valence-electron chi connectivity index (χ0n) is 12.8. The normalized spacial score (nSPS) is 16.0. The van der Waals surface area contributed by atoms with Crippen LogP contribution in [0.2, 0.25) is 0 Å². The van der Waals surface area contributed by atoms with Crippen molar-refractivity contribution in [3.05, 3.63) is 69.6 Å². The van der Waals surface area contributed by atoms with Crippen molar-refractivity contribution in [2.24, 2.45) is 0 Å². The minimum atomic E-state index is -0.556. The second-order valence-corrected chi connectivity index (χ2v) is 5.87. The fraction of sp³-hybridized carbons (Fsp3) is 0.222. The Morgan fingerprint density at radius 2 is 1.95 bits per heavy atom. The number of fused-ring (bicyclic) bond motifs is 1. The van der Waals surface area contributed by atoms with E-state index in [4.69, 9.17) is 4.74 Å². The lowest BCUT2D eigenvalue weighted by atomic mass is 9.90. The van der Waals surface area contributed by atoms with Crippen molar-refractivity contribution in [3.8, 4) is 5.75 Å². The molecule has 1 aromatic carbocycles. The molecule has 1 aromatic heterocycles. The predicted octanol–water partition coefficient (Wildman–Crippen LogP) is 3.11. The largest absolute Gasteiger partial charge is 0.483 e. The molecule has 0 bridgehead atoms. The molecule has 0 saturated heterocycles. The summed E-state index contributed by atoms with van der Waals surface area (Å²) in [6.07, 6.45) is 2.54. The monoisotopic (exact) mass is 295 g/mol. The van der Waals surface area contributed by atoms with Crippen molar-refractivity contribution in [1.29, 1.82) is 0 Å². The zero-order chi connectivity index (χ0) is 15.9.